The van der Waals surface area contributed by atoms with Gasteiger partial charge in [0.05, 0.1) is 13.3 Å². The van der Waals surface area contributed by atoms with Crippen LogP contribution in [0.4, 0.5) is 4.39 Å². The highest BCUT2D eigenvalue weighted by Gasteiger charge is 2.68. The number of carbonyl (C=O) groups excluding carboxylic acids is 2. The number of alkyl halides is 1. The fraction of sp³-hybridized carbons (Fsp3) is 0.822. The van der Waals surface area contributed by atoms with Crippen LogP contribution in [0, 0.1) is 51.2 Å². The van der Waals surface area contributed by atoms with E-state index in [2.05, 4.69) is 50.1 Å². The smallest absolute Gasteiger partial charge is 0.219 e. The van der Waals surface area contributed by atoms with Gasteiger partial charge in [-0.2, -0.15) is 0 Å². The lowest BCUT2D eigenvalue weighted by Crippen LogP contribution is -2.64. The van der Waals surface area contributed by atoms with E-state index in [-0.39, 0.29) is 30.0 Å². The highest BCUT2D eigenvalue weighted by Crippen LogP contribution is 2.76. The van der Waals surface area contributed by atoms with Crippen molar-refractivity contribution in [3.8, 4) is 0 Å². The number of allylic oxidation sites excluding steroid dienone is 4. The standard InChI is InChI=1S/C41H67FN2O3S.C3H6.CH2O/c1-30-33(32(15-26-45)9-7-21-42)13-17-38(3)34(30)14-18-40(5)37(38)12-11-35-36-10-6-16-41(36,20-19-39(35,40)4)29-44(31(2)46)23-8-22-43-24-27-48(47)28-25-43;1-3-2;1-2/h13,15,30,34-37,45H,6-12,14,16-29H2,1-5H3;3H,1H2,2H3;1H2/b32-15+;;/t30?,34?,35?,36?,37?,38?,39-,40?,41?;;/m1../s1. The SMILES string of the molecule is C=CC.C=O.CC(=O)N(CCCN1CCS(=O)CC1)CC12CCCC1C1CCC3C4(C)CC=C(/C(=C/CO)CCCF)C(C)C4CCC3(C)[C@]1(C)CC2. The summed E-state index contributed by atoms with van der Waals surface area (Å²) in [6.45, 7) is 23.9. The zero-order valence-corrected chi connectivity index (χ0v) is 35.3. The van der Waals surface area contributed by atoms with Gasteiger partial charge in [0, 0.05) is 55.4 Å². The van der Waals surface area contributed by atoms with Crippen LogP contribution in [0.25, 0.3) is 0 Å². The highest BCUT2D eigenvalue weighted by atomic mass is 32.2. The lowest BCUT2D eigenvalue weighted by atomic mass is 9.33. The summed E-state index contributed by atoms with van der Waals surface area (Å²) in [5.41, 5.74) is 3.76. The molecule has 1 N–H and O–H groups in total. The number of hydrogen-bond acceptors (Lipinski definition) is 5. The number of hydrogen-bond donors (Lipinski definition) is 1. The van der Waals surface area contributed by atoms with E-state index < -0.39 is 10.8 Å². The largest absolute Gasteiger partial charge is 0.392 e. The molecule has 0 radical (unpaired) electrons. The normalized spacial score (nSPS) is 38.3. The fourth-order valence-electron chi connectivity index (χ4n) is 13.5. The molecule has 0 bridgehead atoms. The van der Waals surface area contributed by atoms with Crippen molar-refractivity contribution < 1.29 is 23.3 Å². The molecule has 4 saturated carbocycles. The van der Waals surface area contributed by atoms with E-state index >= 15 is 0 Å². The van der Waals surface area contributed by atoms with Gasteiger partial charge in [0.1, 0.15) is 6.79 Å². The second kappa shape index (κ2) is 19.0. The van der Waals surface area contributed by atoms with Gasteiger partial charge in [-0.15, -0.1) is 6.58 Å². The van der Waals surface area contributed by atoms with Crippen molar-refractivity contribution >= 4 is 23.5 Å². The van der Waals surface area contributed by atoms with Crippen molar-refractivity contribution in [2.75, 3.05) is 57.5 Å². The Hall–Kier alpha value is -1.64. The molecule has 1 heterocycles. The van der Waals surface area contributed by atoms with Crippen LogP contribution < -0.4 is 0 Å². The van der Waals surface area contributed by atoms with Gasteiger partial charge in [-0.1, -0.05) is 52.3 Å². The second-order valence-electron chi connectivity index (χ2n) is 18.3. The van der Waals surface area contributed by atoms with Gasteiger partial charge in [0.15, 0.2) is 0 Å². The van der Waals surface area contributed by atoms with Crippen LogP contribution in [-0.4, -0.2) is 89.3 Å². The molecule has 0 aromatic heterocycles. The van der Waals surface area contributed by atoms with Crippen LogP contribution in [0.2, 0.25) is 0 Å². The first kappa shape index (κ1) is 44.1. The van der Waals surface area contributed by atoms with E-state index in [1.54, 1.807) is 13.0 Å². The Morgan fingerprint density at radius 3 is 2.36 bits per heavy atom. The van der Waals surface area contributed by atoms with Gasteiger partial charge in [-0.3, -0.25) is 13.4 Å². The van der Waals surface area contributed by atoms with E-state index in [1.165, 1.54) is 68.9 Å². The first-order chi connectivity index (χ1) is 25.3. The molecule has 0 spiro atoms. The lowest BCUT2D eigenvalue weighted by molar-refractivity contribution is -0.220. The van der Waals surface area contributed by atoms with Crippen LogP contribution in [0.5, 0.6) is 0 Å². The first-order valence-electron chi connectivity index (χ1n) is 21.1. The van der Waals surface area contributed by atoms with Crippen LogP contribution in [0.15, 0.2) is 36.0 Å². The molecular formula is C45H75FN2O4S. The number of carbonyl (C=O) groups is 2. The number of aliphatic hydroxyl groups excluding tert-OH is 1. The van der Waals surface area contributed by atoms with E-state index in [0.29, 0.717) is 35.0 Å². The number of nitrogens with zero attached hydrogens (tertiary/aromatic N) is 2. The summed E-state index contributed by atoms with van der Waals surface area (Å²) in [5.74, 6) is 5.07. The van der Waals surface area contributed by atoms with Crippen molar-refractivity contribution in [2.45, 2.75) is 125 Å². The van der Waals surface area contributed by atoms with Gasteiger partial charge < -0.3 is 19.7 Å². The van der Waals surface area contributed by atoms with E-state index in [9.17, 15) is 18.5 Å². The molecule has 9 atom stereocenters. The number of rotatable bonds is 11. The Bertz CT molecular complexity index is 1330. The zero-order chi connectivity index (χ0) is 39.0. The summed E-state index contributed by atoms with van der Waals surface area (Å²) in [4.78, 5) is 25.8. The minimum absolute atomic E-state index is 0.0313. The van der Waals surface area contributed by atoms with E-state index in [0.717, 1.165) is 75.3 Å². The molecule has 1 amide bonds. The first-order valence-corrected chi connectivity index (χ1v) is 22.6. The third-order valence-electron chi connectivity index (χ3n) is 16.1. The van der Waals surface area contributed by atoms with Gasteiger partial charge in [-0.25, -0.2) is 0 Å². The van der Waals surface area contributed by atoms with Crippen LogP contribution in [-0.2, 0) is 20.4 Å². The Morgan fingerprint density at radius 2 is 1.72 bits per heavy atom. The van der Waals surface area contributed by atoms with Crippen LogP contribution in [0.1, 0.15) is 125 Å². The molecule has 0 aromatic carbocycles. The van der Waals surface area contributed by atoms with Gasteiger partial charge >= 0.3 is 0 Å². The topological polar surface area (TPSA) is 77.9 Å². The monoisotopic (exact) mass is 759 g/mol. The molecule has 5 aliphatic carbocycles. The Morgan fingerprint density at radius 1 is 1.02 bits per heavy atom. The summed E-state index contributed by atoms with van der Waals surface area (Å²) in [5, 5.41) is 9.79. The molecule has 53 heavy (non-hydrogen) atoms. The average molecular weight is 759 g/mol. The summed E-state index contributed by atoms with van der Waals surface area (Å²) < 4.78 is 25.0. The van der Waals surface area contributed by atoms with E-state index in [1.807, 2.05) is 19.8 Å². The third kappa shape index (κ3) is 8.70. The van der Waals surface area contributed by atoms with Crippen molar-refractivity contribution in [3.63, 3.8) is 0 Å². The maximum Gasteiger partial charge on any atom is 0.219 e. The minimum Gasteiger partial charge on any atom is -0.392 e. The molecule has 8 heteroatoms. The maximum absolute atomic E-state index is 13.2. The average Bonchev–Trinajstić information content (AvgIpc) is 3.56. The Balaban J connectivity index is 0.00000119. The van der Waals surface area contributed by atoms with Crippen molar-refractivity contribution in [2.24, 2.45) is 51.2 Å². The summed E-state index contributed by atoms with van der Waals surface area (Å²) in [6.07, 6.45) is 21.3. The molecule has 5 fully saturated rings. The summed E-state index contributed by atoms with van der Waals surface area (Å²) in [7, 11) is -0.645. The zero-order valence-electron chi connectivity index (χ0n) is 34.4. The Kier molecular flexibility index (Phi) is 15.8. The van der Waals surface area contributed by atoms with Crippen molar-refractivity contribution in [3.05, 3.63) is 36.0 Å². The van der Waals surface area contributed by atoms with Crippen molar-refractivity contribution in [1.82, 2.24) is 9.80 Å². The van der Waals surface area contributed by atoms with Gasteiger partial charge in [0.25, 0.3) is 0 Å². The molecule has 6 aliphatic rings. The van der Waals surface area contributed by atoms with Gasteiger partial charge in [0.2, 0.25) is 5.91 Å². The van der Waals surface area contributed by atoms with Crippen molar-refractivity contribution in [1.29, 1.82) is 0 Å². The minimum atomic E-state index is -0.645. The van der Waals surface area contributed by atoms with Crippen LogP contribution in [0.3, 0.4) is 0 Å². The number of amides is 1. The lowest BCUT2D eigenvalue weighted by Gasteiger charge is -2.71. The summed E-state index contributed by atoms with van der Waals surface area (Å²) >= 11 is 0. The number of fused-ring (bicyclic) bond motifs is 7. The summed E-state index contributed by atoms with van der Waals surface area (Å²) in [6, 6.07) is 0. The maximum atomic E-state index is 13.2. The molecule has 6 rings (SSSR count). The quantitative estimate of drug-likeness (QED) is 0.213. The van der Waals surface area contributed by atoms with Gasteiger partial charge in [-0.05, 0) is 153 Å². The molecule has 302 valence electrons. The molecular weight excluding hydrogens is 684 g/mol. The highest BCUT2D eigenvalue weighted by molar-refractivity contribution is 7.85. The molecule has 1 aliphatic heterocycles. The molecule has 1 saturated heterocycles. The van der Waals surface area contributed by atoms with E-state index in [4.69, 9.17) is 4.79 Å². The molecule has 8 unspecified atom stereocenters. The molecule has 6 nitrogen and oxygen atoms in total. The predicted molar refractivity (Wildman–Crippen MR) is 219 cm³/mol. The number of halogens is 1. The number of aliphatic hydroxyl groups is 1. The second-order valence-corrected chi connectivity index (χ2v) is 20.0. The van der Waals surface area contributed by atoms with Crippen LogP contribution >= 0.6 is 0 Å². The molecule has 0 aromatic rings. The third-order valence-corrected chi connectivity index (χ3v) is 17.4. The predicted octanol–water partition coefficient (Wildman–Crippen LogP) is 8.97. The fourth-order valence-corrected chi connectivity index (χ4v) is 14.6. The Labute approximate surface area is 325 Å².